The lowest BCUT2D eigenvalue weighted by molar-refractivity contribution is 0.309. The smallest absolute Gasteiger partial charge is 0.228 e. The summed E-state index contributed by atoms with van der Waals surface area (Å²) in [5, 5.41) is -0.574. The molecular formula is C15H23NO4S2. The maximum Gasteiger partial charge on any atom is 0.243 e. The zero-order valence-electron chi connectivity index (χ0n) is 13.4. The van der Waals surface area contributed by atoms with Gasteiger partial charge in [0.05, 0.1) is 15.9 Å². The van der Waals surface area contributed by atoms with E-state index >= 15 is 0 Å². The fourth-order valence-electron chi connectivity index (χ4n) is 2.65. The van der Waals surface area contributed by atoms with Crippen LogP contribution in [-0.4, -0.2) is 45.2 Å². The predicted octanol–water partition coefficient (Wildman–Crippen LogP) is 1.75. The molecule has 0 bridgehead atoms. The molecule has 1 saturated heterocycles. The van der Waals surface area contributed by atoms with E-state index in [1.807, 2.05) is 26.8 Å². The largest absolute Gasteiger partial charge is 0.243 e. The monoisotopic (exact) mass is 345 g/mol. The highest BCUT2D eigenvalue weighted by atomic mass is 32.2. The third kappa shape index (κ3) is 3.36. The average Bonchev–Trinajstić information content (AvgIpc) is 2.22. The van der Waals surface area contributed by atoms with Crippen LogP contribution < -0.4 is 0 Å². The van der Waals surface area contributed by atoms with E-state index in [2.05, 4.69) is 0 Å². The Morgan fingerprint density at radius 3 is 2.23 bits per heavy atom. The van der Waals surface area contributed by atoms with Crippen molar-refractivity contribution in [2.24, 2.45) is 5.92 Å². The van der Waals surface area contributed by atoms with Crippen molar-refractivity contribution in [3.63, 3.8) is 0 Å². The first-order valence-corrected chi connectivity index (χ1v) is 10.5. The van der Waals surface area contributed by atoms with Gasteiger partial charge < -0.3 is 0 Å². The van der Waals surface area contributed by atoms with E-state index in [4.69, 9.17) is 0 Å². The summed E-state index contributed by atoms with van der Waals surface area (Å²) in [6, 6.07) is 5.17. The molecule has 0 atom stereocenters. The van der Waals surface area contributed by atoms with E-state index in [0.717, 1.165) is 5.56 Å². The summed E-state index contributed by atoms with van der Waals surface area (Å²) in [7, 11) is -6.82. The van der Waals surface area contributed by atoms with E-state index in [-0.39, 0.29) is 29.7 Å². The molecule has 124 valence electrons. The minimum Gasteiger partial charge on any atom is -0.228 e. The van der Waals surface area contributed by atoms with Crippen molar-refractivity contribution in [1.82, 2.24) is 4.31 Å². The van der Waals surface area contributed by atoms with Crippen molar-refractivity contribution in [2.75, 3.05) is 18.8 Å². The number of rotatable bonds is 5. The SMILES string of the molecule is Cc1ccc(S(=O)(=O)N2CC(S(=O)(=O)CC(C)C)C2)c(C)c1. The summed E-state index contributed by atoms with van der Waals surface area (Å²) < 4.78 is 50.6. The van der Waals surface area contributed by atoms with Crippen LogP contribution in [0.5, 0.6) is 0 Å². The van der Waals surface area contributed by atoms with Crippen LogP contribution in [0.1, 0.15) is 25.0 Å². The lowest BCUT2D eigenvalue weighted by Gasteiger charge is -2.38. The fourth-order valence-corrected chi connectivity index (χ4v) is 6.59. The summed E-state index contributed by atoms with van der Waals surface area (Å²) in [6.45, 7) is 7.48. The van der Waals surface area contributed by atoms with Gasteiger partial charge in [0.2, 0.25) is 10.0 Å². The summed E-state index contributed by atoms with van der Waals surface area (Å²) in [6.07, 6.45) is 0. The second-order valence-corrected chi connectivity index (χ2v) is 10.7. The minimum absolute atomic E-state index is 0.0509. The van der Waals surface area contributed by atoms with Crippen LogP contribution in [0, 0.1) is 19.8 Å². The number of benzene rings is 1. The van der Waals surface area contributed by atoms with Crippen molar-refractivity contribution >= 4 is 19.9 Å². The minimum atomic E-state index is -3.60. The molecule has 0 aliphatic carbocycles. The Morgan fingerprint density at radius 2 is 1.73 bits per heavy atom. The van der Waals surface area contributed by atoms with Gasteiger partial charge in [-0.1, -0.05) is 31.5 Å². The Bertz CT molecular complexity index is 761. The highest BCUT2D eigenvalue weighted by Crippen LogP contribution is 2.28. The van der Waals surface area contributed by atoms with Gasteiger partial charge >= 0.3 is 0 Å². The van der Waals surface area contributed by atoms with Gasteiger partial charge in [-0.25, -0.2) is 16.8 Å². The Balaban J connectivity index is 2.15. The Labute approximate surface area is 133 Å². The van der Waals surface area contributed by atoms with Crippen LogP contribution in [0.15, 0.2) is 23.1 Å². The highest BCUT2D eigenvalue weighted by Gasteiger charge is 2.43. The molecule has 1 heterocycles. The third-order valence-electron chi connectivity index (χ3n) is 3.84. The van der Waals surface area contributed by atoms with Crippen molar-refractivity contribution in [3.8, 4) is 0 Å². The van der Waals surface area contributed by atoms with Crippen molar-refractivity contribution in [2.45, 2.75) is 37.8 Å². The standard InChI is InChI=1S/C15H23NO4S2/c1-11(2)10-21(17,18)14-8-16(9-14)22(19,20)15-6-5-12(3)7-13(15)4/h5-7,11,14H,8-10H2,1-4H3. The first kappa shape index (κ1) is 17.4. The number of nitrogens with zero attached hydrogens (tertiary/aromatic N) is 1. The number of aryl methyl sites for hydroxylation is 2. The molecule has 1 aliphatic heterocycles. The number of sulfonamides is 1. The van der Waals surface area contributed by atoms with Gasteiger partial charge in [0.15, 0.2) is 9.84 Å². The fraction of sp³-hybridized carbons (Fsp3) is 0.600. The zero-order valence-corrected chi connectivity index (χ0v) is 15.0. The van der Waals surface area contributed by atoms with Gasteiger partial charge in [-0.05, 0) is 31.4 Å². The molecule has 0 radical (unpaired) electrons. The third-order valence-corrected chi connectivity index (χ3v) is 8.27. The molecule has 2 rings (SSSR count). The van der Waals surface area contributed by atoms with Crippen LogP contribution in [0.2, 0.25) is 0 Å². The van der Waals surface area contributed by atoms with Crippen molar-refractivity contribution in [3.05, 3.63) is 29.3 Å². The van der Waals surface area contributed by atoms with E-state index in [9.17, 15) is 16.8 Å². The first-order valence-electron chi connectivity index (χ1n) is 7.33. The van der Waals surface area contributed by atoms with Gasteiger partial charge in [0.25, 0.3) is 0 Å². The van der Waals surface area contributed by atoms with Gasteiger partial charge in [0, 0.05) is 13.1 Å². The van der Waals surface area contributed by atoms with Crippen LogP contribution in [0.4, 0.5) is 0 Å². The Kier molecular flexibility index (Phi) is 4.71. The molecule has 1 aromatic rings. The molecule has 0 spiro atoms. The Morgan fingerprint density at radius 1 is 1.14 bits per heavy atom. The van der Waals surface area contributed by atoms with E-state index in [0.29, 0.717) is 5.56 Å². The number of hydrogen-bond donors (Lipinski definition) is 0. The molecule has 7 heteroatoms. The molecule has 0 aromatic heterocycles. The van der Waals surface area contributed by atoms with Gasteiger partial charge in [-0.2, -0.15) is 4.31 Å². The summed E-state index contributed by atoms with van der Waals surface area (Å²) in [5.41, 5.74) is 1.69. The predicted molar refractivity (Wildman–Crippen MR) is 87.1 cm³/mol. The molecule has 0 saturated carbocycles. The average molecular weight is 345 g/mol. The van der Waals surface area contributed by atoms with Crippen molar-refractivity contribution in [1.29, 1.82) is 0 Å². The van der Waals surface area contributed by atoms with Gasteiger partial charge in [0.1, 0.15) is 0 Å². The lowest BCUT2D eigenvalue weighted by Crippen LogP contribution is -2.57. The van der Waals surface area contributed by atoms with Crippen LogP contribution in [0.3, 0.4) is 0 Å². The molecular weight excluding hydrogens is 322 g/mol. The molecule has 0 unspecified atom stereocenters. The van der Waals surface area contributed by atoms with Crippen LogP contribution in [0.25, 0.3) is 0 Å². The molecule has 1 fully saturated rings. The van der Waals surface area contributed by atoms with E-state index < -0.39 is 25.1 Å². The summed E-state index contributed by atoms with van der Waals surface area (Å²) >= 11 is 0. The molecule has 22 heavy (non-hydrogen) atoms. The normalized spacial score (nSPS) is 17.7. The van der Waals surface area contributed by atoms with Gasteiger partial charge in [-0.3, -0.25) is 0 Å². The number of hydrogen-bond acceptors (Lipinski definition) is 4. The maximum absolute atomic E-state index is 12.6. The van der Waals surface area contributed by atoms with E-state index in [1.54, 1.807) is 19.1 Å². The first-order chi connectivity index (χ1) is 10.0. The Hall–Kier alpha value is -0.920. The second kappa shape index (κ2) is 5.94. The van der Waals surface area contributed by atoms with Crippen LogP contribution >= 0.6 is 0 Å². The van der Waals surface area contributed by atoms with Gasteiger partial charge in [-0.15, -0.1) is 0 Å². The summed E-state index contributed by atoms with van der Waals surface area (Å²) in [5.74, 6) is 0.157. The molecule has 1 aliphatic rings. The summed E-state index contributed by atoms with van der Waals surface area (Å²) in [4.78, 5) is 0.262. The number of sulfone groups is 1. The van der Waals surface area contributed by atoms with Crippen LogP contribution in [-0.2, 0) is 19.9 Å². The van der Waals surface area contributed by atoms with Crippen molar-refractivity contribution < 1.29 is 16.8 Å². The molecule has 1 aromatic carbocycles. The highest BCUT2D eigenvalue weighted by molar-refractivity contribution is 7.92. The lowest BCUT2D eigenvalue weighted by atomic mass is 10.2. The van der Waals surface area contributed by atoms with E-state index in [1.165, 1.54) is 4.31 Å². The quantitative estimate of drug-likeness (QED) is 0.815. The molecule has 0 amide bonds. The maximum atomic E-state index is 12.6. The molecule has 0 N–H and O–H groups in total. The zero-order chi connectivity index (χ0) is 16.7. The second-order valence-electron chi connectivity index (χ2n) is 6.44. The molecule has 5 nitrogen and oxygen atoms in total. The topological polar surface area (TPSA) is 71.5 Å².